The number of aromatic hydroxyl groups is 1. The number of alkyl halides is 1. The Hall–Kier alpha value is -1.03. The van der Waals surface area contributed by atoms with Crippen LogP contribution in [0.2, 0.25) is 0 Å². The minimum Gasteiger partial charge on any atom is -0.507 e. The van der Waals surface area contributed by atoms with Crippen LogP contribution < -0.4 is 4.74 Å². The molecular formula is C17H25BrO3. The zero-order valence-corrected chi connectivity index (χ0v) is 14.9. The molecule has 1 aromatic rings. The predicted molar refractivity (Wildman–Crippen MR) is 89.5 cm³/mol. The fraction of sp³-hybridized carbons (Fsp3) is 0.588. The summed E-state index contributed by atoms with van der Waals surface area (Å²) in [6.07, 6.45) is 2.57. The van der Waals surface area contributed by atoms with Crippen molar-refractivity contribution >= 4 is 21.7 Å². The molecule has 0 aliphatic rings. The molecule has 0 saturated carbocycles. The van der Waals surface area contributed by atoms with Crippen LogP contribution in [-0.2, 0) is 11.2 Å². The van der Waals surface area contributed by atoms with Gasteiger partial charge in [0, 0.05) is 16.3 Å². The number of ketones is 1. The molecule has 3 nitrogen and oxygen atoms in total. The van der Waals surface area contributed by atoms with Crippen molar-refractivity contribution < 1.29 is 14.6 Å². The number of hydrogen-bond acceptors (Lipinski definition) is 3. The summed E-state index contributed by atoms with van der Waals surface area (Å²) < 4.78 is 5.70. The lowest BCUT2D eigenvalue weighted by Crippen LogP contribution is -2.24. The highest BCUT2D eigenvalue weighted by Crippen LogP contribution is 2.34. The molecule has 0 fully saturated rings. The lowest BCUT2D eigenvalue weighted by Gasteiger charge is -2.22. The van der Waals surface area contributed by atoms with Gasteiger partial charge in [0.05, 0.1) is 6.61 Å². The van der Waals surface area contributed by atoms with Crippen LogP contribution in [0.5, 0.6) is 11.5 Å². The van der Waals surface area contributed by atoms with E-state index in [4.69, 9.17) is 4.74 Å². The Bertz CT molecular complexity index is 495. The van der Waals surface area contributed by atoms with Crippen LogP contribution in [0.1, 0.15) is 44.7 Å². The van der Waals surface area contributed by atoms with E-state index in [1.165, 1.54) is 0 Å². The van der Waals surface area contributed by atoms with Crippen molar-refractivity contribution in [3.05, 3.63) is 23.3 Å². The van der Waals surface area contributed by atoms with E-state index < -0.39 is 5.41 Å². The summed E-state index contributed by atoms with van der Waals surface area (Å²) >= 11 is 3.39. The molecule has 0 aromatic heterocycles. The van der Waals surface area contributed by atoms with Gasteiger partial charge in [-0.3, -0.25) is 4.79 Å². The number of phenolic OH excluding ortho intramolecular Hbond substituents is 1. The third-order valence-electron chi connectivity index (χ3n) is 3.84. The van der Waals surface area contributed by atoms with Crippen molar-refractivity contribution in [3.63, 3.8) is 0 Å². The first-order valence-electron chi connectivity index (χ1n) is 7.31. The smallest absolute Gasteiger partial charge is 0.135 e. The Kier molecular flexibility index (Phi) is 6.72. The molecule has 118 valence electrons. The van der Waals surface area contributed by atoms with Crippen molar-refractivity contribution in [3.8, 4) is 11.5 Å². The average molecular weight is 357 g/mol. The standard InChI is InChI=1S/C17H25BrO3/c1-12-15(21-10-6-5-9-18)8-7-14(16(12)20)11-17(3,4)13(2)19/h7-8,20H,5-6,9-11H2,1-4H3. The first-order valence-corrected chi connectivity index (χ1v) is 8.43. The first kappa shape index (κ1) is 18.0. The lowest BCUT2D eigenvalue weighted by atomic mass is 9.82. The second-order valence-electron chi connectivity index (χ2n) is 6.06. The number of benzene rings is 1. The van der Waals surface area contributed by atoms with Crippen molar-refractivity contribution in [1.82, 2.24) is 0 Å². The van der Waals surface area contributed by atoms with Gasteiger partial charge < -0.3 is 9.84 Å². The number of Topliss-reactive ketones (excluding diaryl/α,β-unsaturated/α-hetero) is 1. The zero-order valence-electron chi connectivity index (χ0n) is 13.3. The van der Waals surface area contributed by atoms with Gasteiger partial charge in [0.25, 0.3) is 0 Å². The van der Waals surface area contributed by atoms with Gasteiger partial charge in [-0.15, -0.1) is 0 Å². The third kappa shape index (κ3) is 5.03. The molecule has 0 atom stereocenters. The number of halogens is 1. The molecule has 0 bridgehead atoms. The molecule has 0 spiro atoms. The quantitative estimate of drug-likeness (QED) is 0.554. The fourth-order valence-electron chi connectivity index (χ4n) is 2.02. The van der Waals surface area contributed by atoms with Crippen LogP contribution in [0.4, 0.5) is 0 Å². The average Bonchev–Trinajstić information content (AvgIpc) is 2.42. The van der Waals surface area contributed by atoms with Gasteiger partial charge in [-0.25, -0.2) is 0 Å². The predicted octanol–water partition coefficient (Wildman–Crippen LogP) is 4.41. The molecule has 0 aliphatic heterocycles. The molecule has 1 aromatic carbocycles. The van der Waals surface area contributed by atoms with Crippen LogP contribution in [0.25, 0.3) is 0 Å². The minimum absolute atomic E-state index is 0.120. The Morgan fingerprint density at radius 1 is 1.33 bits per heavy atom. The molecular weight excluding hydrogens is 332 g/mol. The maximum absolute atomic E-state index is 11.6. The highest BCUT2D eigenvalue weighted by molar-refractivity contribution is 9.09. The van der Waals surface area contributed by atoms with Crippen molar-refractivity contribution in [1.29, 1.82) is 0 Å². The topological polar surface area (TPSA) is 46.5 Å². The maximum Gasteiger partial charge on any atom is 0.135 e. The van der Waals surface area contributed by atoms with E-state index in [0.717, 1.165) is 29.3 Å². The summed E-state index contributed by atoms with van der Waals surface area (Å²) in [6.45, 7) is 7.87. The molecule has 1 N–H and O–H groups in total. The number of carbonyl (C=O) groups excluding carboxylic acids is 1. The van der Waals surface area contributed by atoms with E-state index in [0.29, 0.717) is 18.8 Å². The Morgan fingerprint density at radius 3 is 2.57 bits per heavy atom. The summed E-state index contributed by atoms with van der Waals surface area (Å²) in [5, 5.41) is 11.3. The molecule has 1 rings (SSSR count). The largest absolute Gasteiger partial charge is 0.507 e. The molecule has 0 radical (unpaired) electrons. The SMILES string of the molecule is CC(=O)C(C)(C)Cc1ccc(OCCCCBr)c(C)c1O. The molecule has 0 saturated heterocycles. The van der Waals surface area contributed by atoms with E-state index in [2.05, 4.69) is 15.9 Å². The molecule has 0 unspecified atom stereocenters. The normalized spacial score (nSPS) is 11.5. The zero-order chi connectivity index (χ0) is 16.0. The van der Waals surface area contributed by atoms with Gasteiger partial charge in [0.1, 0.15) is 17.3 Å². The van der Waals surface area contributed by atoms with Gasteiger partial charge in [-0.1, -0.05) is 35.8 Å². The number of unbranched alkanes of at least 4 members (excludes halogenated alkanes) is 1. The second-order valence-corrected chi connectivity index (χ2v) is 6.85. The molecule has 0 aliphatic carbocycles. The van der Waals surface area contributed by atoms with E-state index in [-0.39, 0.29) is 11.5 Å². The van der Waals surface area contributed by atoms with Crippen molar-refractivity contribution in [2.45, 2.75) is 47.0 Å². The first-order chi connectivity index (χ1) is 9.79. The van der Waals surface area contributed by atoms with Gasteiger partial charge in [0.2, 0.25) is 0 Å². The van der Waals surface area contributed by atoms with Gasteiger partial charge in [-0.05, 0) is 44.7 Å². The maximum atomic E-state index is 11.6. The summed E-state index contributed by atoms with van der Waals surface area (Å²) in [7, 11) is 0. The molecule has 4 heteroatoms. The number of ether oxygens (including phenoxy) is 1. The second kappa shape index (κ2) is 7.83. The number of hydrogen-bond donors (Lipinski definition) is 1. The minimum atomic E-state index is -0.470. The number of phenols is 1. The van der Waals surface area contributed by atoms with Crippen molar-refractivity contribution in [2.75, 3.05) is 11.9 Å². The molecule has 21 heavy (non-hydrogen) atoms. The van der Waals surface area contributed by atoms with Gasteiger partial charge in [-0.2, -0.15) is 0 Å². The third-order valence-corrected chi connectivity index (χ3v) is 4.40. The van der Waals surface area contributed by atoms with E-state index in [1.54, 1.807) is 6.92 Å². The molecule has 0 amide bonds. The Labute approximate surface area is 135 Å². The summed E-state index contributed by atoms with van der Waals surface area (Å²) in [5.74, 6) is 1.07. The molecule has 0 heterocycles. The van der Waals surface area contributed by atoms with Crippen LogP contribution in [0.15, 0.2) is 12.1 Å². The van der Waals surface area contributed by atoms with Gasteiger partial charge >= 0.3 is 0 Å². The van der Waals surface area contributed by atoms with E-state index >= 15 is 0 Å². The van der Waals surface area contributed by atoms with E-state index in [1.807, 2.05) is 32.9 Å². The highest BCUT2D eigenvalue weighted by Gasteiger charge is 2.26. The monoisotopic (exact) mass is 356 g/mol. The summed E-state index contributed by atoms with van der Waals surface area (Å²) in [5.41, 5.74) is 1.06. The summed E-state index contributed by atoms with van der Waals surface area (Å²) in [6, 6.07) is 3.74. The van der Waals surface area contributed by atoms with Crippen LogP contribution in [-0.4, -0.2) is 22.8 Å². The summed E-state index contributed by atoms with van der Waals surface area (Å²) in [4.78, 5) is 11.6. The van der Waals surface area contributed by atoms with Crippen LogP contribution in [0, 0.1) is 12.3 Å². The van der Waals surface area contributed by atoms with Crippen LogP contribution in [0.3, 0.4) is 0 Å². The number of carbonyl (C=O) groups is 1. The van der Waals surface area contributed by atoms with Gasteiger partial charge in [0.15, 0.2) is 0 Å². The fourth-order valence-corrected chi connectivity index (χ4v) is 2.41. The van der Waals surface area contributed by atoms with E-state index in [9.17, 15) is 9.90 Å². The Balaban J connectivity index is 2.83. The lowest BCUT2D eigenvalue weighted by molar-refractivity contribution is -0.124. The Morgan fingerprint density at radius 2 is 2.00 bits per heavy atom. The highest BCUT2D eigenvalue weighted by atomic mass is 79.9. The van der Waals surface area contributed by atoms with Crippen LogP contribution >= 0.6 is 15.9 Å². The number of rotatable bonds is 8. The van der Waals surface area contributed by atoms with Crippen molar-refractivity contribution in [2.24, 2.45) is 5.41 Å².